The molecule has 0 aliphatic heterocycles. The van der Waals surface area contributed by atoms with Crippen molar-refractivity contribution in [3.8, 4) is 17.6 Å². The van der Waals surface area contributed by atoms with Crippen molar-refractivity contribution in [2.45, 2.75) is 0 Å². The van der Waals surface area contributed by atoms with Gasteiger partial charge in [-0.15, -0.1) is 0 Å². The van der Waals surface area contributed by atoms with E-state index in [0.717, 1.165) is 16.9 Å². The molecule has 2 aromatic rings. The van der Waals surface area contributed by atoms with Gasteiger partial charge in [-0.05, 0) is 36.4 Å². The van der Waals surface area contributed by atoms with Crippen molar-refractivity contribution >= 4 is 0 Å². The third-order valence-corrected chi connectivity index (χ3v) is 2.12. The minimum absolute atomic E-state index is 0.842. The molecule has 0 saturated heterocycles. The second-order valence-corrected chi connectivity index (χ2v) is 3.21. The largest absolute Gasteiger partial charge is 0.497 e. The van der Waals surface area contributed by atoms with Crippen LogP contribution in [0.15, 0.2) is 48.8 Å². The van der Waals surface area contributed by atoms with Gasteiger partial charge in [0.2, 0.25) is 0 Å². The molecule has 0 radical (unpaired) electrons. The molecule has 1 aromatic carbocycles. The van der Waals surface area contributed by atoms with Gasteiger partial charge >= 0.3 is 0 Å². The van der Waals surface area contributed by atoms with Crippen LogP contribution in [0.25, 0.3) is 0 Å². The average molecular weight is 209 g/mol. The van der Waals surface area contributed by atoms with E-state index in [9.17, 15) is 0 Å². The fourth-order valence-corrected chi connectivity index (χ4v) is 1.25. The Morgan fingerprint density at radius 2 is 1.44 bits per heavy atom. The van der Waals surface area contributed by atoms with Gasteiger partial charge in [0.1, 0.15) is 5.75 Å². The molecule has 2 rings (SSSR count). The van der Waals surface area contributed by atoms with E-state index in [2.05, 4.69) is 16.8 Å². The summed E-state index contributed by atoms with van der Waals surface area (Å²) in [7, 11) is 1.65. The van der Waals surface area contributed by atoms with Gasteiger partial charge in [0.05, 0.1) is 7.11 Å². The van der Waals surface area contributed by atoms with Crippen LogP contribution in [-0.4, -0.2) is 12.1 Å². The Morgan fingerprint density at radius 3 is 2.00 bits per heavy atom. The van der Waals surface area contributed by atoms with Crippen LogP contribution in [0, 0.1) is 11.8 Å². The van der Waals surface area contributed by atoms with Gasteiger partial charge in [-0.3, -0.25) is 4.98 Å². The Balaban J connectivity index is 2.18. The normalized spacial score (nSPS) is 9.06. The van der Waals surface area contributed by atoms with Gasteiger partial charge in [0.25, 0.3) is 0 Å². The third-order valence-electron chi connectivity index (χ3n) is 2.12. The highest BCUT2D eigenvalue weighted by Gasteiger charge is 1.89. The molecule has 0 spiro atoms. The monoisotopic (exact) mass is 209 g/mol. The quantitative estimate of drug-likeness (QED) is 0.673. The summed E-state index contributed by atoms with van der Waals surface area (Å²) in [5.41, 5.74) is 1.93. The molecule has 0 aliphatic rings. The van der Waals surface area contributed by atoms with Crippen molar-refractivity contribution in [3.63, 3.8) is 0 Å². The number of rotatable bonds is 1. The maximum absolute atomic E-state index is 5.08. The molecular weight excluding hydrogens is 198 g/mol. The predicted octanol–water partition coefficient (Wildman–Crippen LogP) is 2.49. The predicted molar refractivity (Wildman–Crippen MR) is 63.2 cm³/mol. The summed E-state index contributed by atoms with van der Waals surface area (Å²) in [5, 5.41) is 0. The minimum Gasteiger partial charge on any atom is -0.497 e. The summed E-state index contributed by atoms with van der Waals surface area (Å²) in [4.78, 5) is 3.94. The average Bonchev–Trinajstić information content (AvgIpc) is 2.38. The molecule has 0 bridgehead atoms. The maximum atomic E-state index is 5.08. The molecule has 78 valence electrons. The number of pyridine rings is 1. The van der Waals surface area contributed by atoms with Crippen molar-refractivity contribution < 1.29 is 4.74 Å². The molecule has 16 heavy (non-hydrogen) atoms. The van der Waals surface area contributed by atoms with Crippen LogP contribution in [0.3, 0.4) is 0 Å². The molecule has 0 N–H and O–H groups in total. The van der Waals surface area contributed by atoms with Gasteiger partial charge in [-0.1, -0.05) is 11.8 Å². The first-order valence-electron chi connectivity index (χ1n) is 4.94. The van der Waals surface area contributed by atoms with E-state index in [4.69, 9.17) is 4.74 Å². The summed E-state index contributed by atoms with van der Waals surface area (Å²) in [5.74, 6) is 6.99. The molecule has 2 nitrogen and oxygen atoms in total. The number of nitrogens with zero attached hydrogens (tertiary/aromatic N) is 1. The lowest BCUT2D eigenvalue weighted by molar-refractivity contribution is 0.415. The molecular formula is C14H11NO. The lowest BCUT2D eigenvalue weighted by Crippen LogP contribution is -1.82. The van der Waals surface area contributed by atoms with E-state index in [1.807, 2.05) is 36.4 Å². The van der Waals surface area contributed by atoms with Gasteiger partial charge in [0, 0.05) is 23.5 Å². The summed E-state index contributed by atoms with van der Waals surface area (Å²) >= 11 is 0. The zero-order valence-corrected chi connectivity index (χ0v) is 8.97. The summed E-state index contributed by atoms with van der Waals surface area (Å²) in [6.45, 7) is 0. The number of benzene rings is 1. The smallest absolute Gasteiger partial charge is 0.118 e. The van der Waals surface area contributed by atoms with Crippen LogP contribution in [0.2, 0.25) is 0 Å². The standard InChI is InChI=1S/C14H11NO/c1-16-14-6-4-12(5-7-14)2-3-13-8-10-15-11-9-13/h4-11H,1H3. The van der Waals surface area contributed by atoms with E-state index in [1.54, 1.807) is 19.5 Å². The van der Waals surface area contributed by atoms with Crippen LogP contribution >= 0.6 is 0 Å². The van der Waals surface area contributed by atoms with E-state index in [-0.39, 0.29) is 0 Å². The van der Waals surface area contributed by atoms with E-state index in [1.165, 1.54) is 0 Å². The first-order valence-corrected chi connectivity index (χ1v) is 4.94. The SMILES string of the molecule is COc1ccc(C#Cc2ccncc2)cc1. The van der Waals surface area contributed by atoms with Gasteiger partial charge in [0.15, 0.2) is 0 Å². The van der Waals surface area contributed by atoms with Crippen LogP contribution < -0.4 is 4.74 Å². The molecule has 0 atom stereocenters. The summed E-state index contributed by atoms with van der Waals surface area (Å²) in [6.07, 6.45) is 3.47. The zero-order chi connectivity index (χ0) is 11.2. The van der Waals surface area contributed by atoms with E-state index in [0.29, 0.717) is 0 Å². The molecule has 1 aromatic heterocycles. The number of hydrogen-bond acceptors (Lipinski definition) is 2. The summed E-state index contributed by atoms with van der Waals surface area (Å²) in [6, 6.07) is 11.4. The number of ether oxygens (including phenoxy) is 1. The molecule has 0 fully saturated rings. The minimum atomic E-state index is 0.842. The van der Waals surface area contributed by atoms with Crippen molar-refractivity contribution in [2.75, 3.05) is 7.11 Å². The fourth-order valence-electron chi connectivity index (χ4n) is 1.25. The number of aromatic nitrogens is 1. The maximum Gasteiger partial charge on any atom is 0.118 e. The Kier molecular flexibility index (Phi) is 3.20. The lowest BCUT2D eigenvalue weighted by Gasteiger charge is -1.97. The lowest BCUT2D eigenvalue weighted by atomic mass is 10.2. The highest BCUT2D eigenvalue weighted by molar-refractivity contribution is 5.43. The molecule has 2 heteroatoms. The molecule has 1 heterocycles. The van der Waals surface area contributed by atoms with Crippen molar-refractivity contribution in [2.24, 2.45) is 0 Å². The van der Waals surface area contributed by atoms with Crippen LogP contribution in [-0.2, 0) is 0 Å². The second kappa shape index (κ2) is 4.99. The first-order chi connectivity index (χ1) is 7.88. The molecule has 0 saturated carbocycles. The van der Waals surface area contributed by atoms with Crippen molar-refractivity contribution in [3.05, 3.63) is 59.9 Å². The zero-order valence-electron chi connectivity index (χ0n) is 8.97. The molecule has 0 unspecified atom stereocenters. The van der Waals surface area contributed by atoms with Crippen LogP contribution in [0.5, 0.6) is 5.75 Å². The van der Waals surface area contributed by atoms with Gasteiger partial charge in [-0.25, -0.2) is 0 Å². The van der Waals surface area contributed by atoms with Crippen LogP contribution in [0.1, 0.15) is 11.1 Å². The van der Waals surface area contributed by atoms with E-state index >= 15 is 0 Å². The van der Waals surface area contributed by atoms with Crippen molar-refractivity contribution in [1.82, 2.24) is 4.98 Å². The van der Waals surface area contributed by atoms with E-state index < -0.39 is 0 Å². The Labute approximate surface area is 94.9 Å². The third kappa shape index (κ3) is 2.61. The first kappa shape index (κ1) is 10.3. The number of hydrogen-bond donors (Lipinski definition) is 0. The summed E-state index contributed by atoms with van der Waals surface area (Å²) < 4.78 is 5.08. The molecule has 0 amide bonds. The molecule has 0 aliphatic carbocycles. The van der Waals surface area contributed by atoms with Crippen molar-refractivity contribution in [1.29, 1.82) is 0 Å². The fraction of sp³-hybridized carbons (Fsp3) is 0.0714. The Bertz CT molecular complexity index is 506. The Morgan fingerprint density at radius 1 is 0.875 bits per heavy atom. The topological polar surface area (TPSA) is 22.1 Å². The van der Waals surface area contributed by atoms with Crippen LogP contribution in [0.4, 0.5) is 0 Å². The second-order valence-electron chi connectivity index (χ2n) is 3.21. The number of methoxy groups -OCH3 is 1. The Hall–Kier alpha value is -2.27. The highest BCUT2D eigenvalue weighted by atomic mass is 16.5. The van der Waals surface area contributed by atoms with Gasteiger partial charge < -0.3 is 4.74 Å². The highest BCUT2D eigenvalue weighted by Crippen LogP contribution is 2.10. The van der Waals surface area contributed by atoms with Gasteiger partial charge in [-0.2, -0.15) is 0 Å².